The number of ether oxygens (including phenoxy) is 1. The van der Waals surface area contributed by atoms with E-state index in [9.17, 15) is 0 Å². The maximum atomic E-state index is 6.07. The Labute approximate surface area is 102 Å². The Morgan fingerprint density at radius 2 is 2.06 bits per heavy atom. The van der Waals surface area contributed by atoms with E-state index in [-0.39, 0.29) is 12.1 Å². The maximum absolute atomic E-state index is 6.07. The van der Waals surface area contributed by atoms with Gasteiger partial charge in [0.15, 0.2) is 0 Å². The summed E-state index contributed by atoms with van der Waals surface area (Å²) in [5.41, 5.74) is 8.08. The van der Waals surface area contributed by atoms with Gasteiger partial charge in [-0.2, -0.15) is 0 Å². The van der Waals surface area contributed by atoms with Gasteiger partial charge in [0.25, 0.3) is 0 Å². The standard InChI is InChI=1S/C14H18N2O/c1-10(2)17-9-13(15)12-7-11-5-3-4-6-14(11)16-8-12/h3-8,10,13H,9,15H2,1-2H3. The molecule has 1 heterocycles. The van der Waals surface area contributed by atoms with Crippen molar-refractivity contribution < 1.29 is 4.74 Å². The molecule has 1 atom stereocenters. The predicted octanol–water partition coefficient (Wildman–Crippen LogP) is 2.66. The van der Waals surface area contributed by atoms with E-state index >= 15 is 0 Å². The number of hydrogen-bond acceptors (Lipinski definition) is 3. The first-order valence-electron chi connectivity index (χ1n) is 5.88. The van der Waals surface area contributed by atoms with Crippen LogP contribution in [0.15, 0.2) is 36.5 Å². The van der Waals surface area contributed by atoms with Gasteiger partial charge in [0, 0.05) is 11.6 Å². The maximum Gasteiger partial charge on any atom is 0.0702 e. The molecule has 1 aromatic carbocycles. The van der Waals surface area contributed by atoms with Gasteiger partial charge >= 0.3 is 0 Å². The fourth-order valence-electron chi connectivity index (χ4n) is 1.68. The summed E-state index contributed by atoms with van der Waals surface area (Å²) in [6.07, 6.45) is 2.03. The number of aromatic nitrogens is 1. The van der Waals surface area contributed by atoms with Crippen molar-refractivity contribution in [3.8, 4) is 0 Å². The largest absolute Gasteiger partial charge is 0.377 e. The Kier molecular flexibility index (Phi) is 3.71. The molecule has 0 radical (unpaired) electrons. The van der Waals surface area contributed by atoms with Gasteiger partial charge in [-0.3, -0.25) is 4.98 Å². The molecule has 0 aliphatic heterocycles. The molecule has 1 aromatic heterocycles. The van der Waals surface area contributed by atoms with Crippen LogP contribution in [-0.2, 0) is 4.74 Å². The number of hydrogen-bond donors (Lipinski definition) is 1. The van der Waals surface area contributed by atoms with Crippen molar-refractivity contribution >= 4 is 10.9 Å². The summed E-state index contributed by atoms with van der Waals surface area (Å²) in [5, 5.41) is 1.12. The number of pyridine rings is 1. The van der Waals surface area contributed by atoms with Crippen LogP contribution in [0.1, 0.15) is 25.5 Å². The van der Waals surface area contributed by atoms with Crippen molar-refractivity contribution in [1.82, 2.24) is 4.98 Å². The van der Waals surface area contributed by atoms with Crippen LogP contribution in [0.3, 0.4) is 0 Å². The molecule has 0 fully saturated rings. The highest BCUT2D eigenvalue weighted by atomic mass is 16.5. The van der Waals surface area contributed by atoms with Gasteiger partial charge in [-0.25, -0.2) is 0 Å². The smallest absolute Gasteiger partial charge is 0.0702 e. The van der Waals surface area contributed by atoms with Crippen LogP contribution in [0.4, 0.5) is 0 Å². The summed E-state index contributed by atoms with van der Waals surface area (Å²) in [5.74, 6) is 0. The normalized spacial score (nSPS) is 13.2. The highest BCUT2D eigenvalue weighted by molar-refractivity contribution is 5.78. The van der Waals surface area contributed by atoms with E-state index in [1.165, 1.54) is 0 Å². The average Bonchev–Trinajstić information content (AvgIpc) is 2.35. The molecular weight excluding hydrogens is 212 g/mol. The summed E-state index contributed by atoms with van der Waals surface area (Å²) in [6.45, 7) is 4.54. The fraction of sp³-hybridized carbons (Fsp3) is 0.357. The topological polar surface area (TPSA) is 48.1 Å². The van der Waals surface area contributed by atoms with Crippen molar-refractivity contribution in [2.45, 2.75) is 26.0 Å². The summed E-state index contributed by atoms with van der Waals surface area (Å²) in [7, 11) is 0. The lowest BCUT2D eigenvalue weighted by molar-refractivity contribution is 0.0683. The molecule has 0 amide bonds. The SMILES string of the molecule is CC(C)OCC(N)c1cnc2ccccc2c1. The van der Waals surface area contributed by atoms with Crippen molar-refractivity contribution in [3.63, 3.8) is 0 Å². The zero-order valence-electron chi connectivity index (χ0n) is 10.3. The second-order valence-corrected chi connectivity index (χ2v) is 4.45. The van der Waals surface area contributed by atoms with Crippen molar-refractivity contribution in [1.29, 1.82) is 0 Å². The Morgan fingerprint density at radius 3 is 2.82 bits per heavy atom. The second-order valence-electron chi connectivity index (χ2n) is 4.45. The van der Waals surface area contributed by atoms with E-state index in [2.05, 4.69) is 11.1 Å². The Bertz CT molecular complexity index is 496. The highest BCUT2D eigenvalue weighted by Gasteiger charge is 2.08. The van der Waals surface area contributed by atoms with Gasteiger partial charge in [0.05, 0.1) is 24.3 Å². The summed E-state index contributed by atoms with van der Waals surface area (Å²) >= 11 is 0. The third-order valence-corrected chi connectivity index (χ3v) is 2.65. The average molecular weight is 230 g/mol. The minimum Gasteiger partial charge on any atom is -0.377 e. The van der Waals surface area contributed by atoms with Crippen LogP contribution in [0.25, 0.3) is 10.9 Å². The molecule has 0 spiro atoms. The lowest BCUT2D eigenvalue weighted by Gasteiger charge is -2.14. The third-order valence-electron chi connectivity index (χ3n) is 2.65. The van der Waals surface area contributed by atoms with E-state index in [0.717, 1.165) is 16.5 Å². The molecule has 0 aliphatic rings. The minimum absolute atomic E-state index is 0.116. The molecule has 0 saturated heterocycles. The van der Waals surface area contributed by atoms with Gasteiger partial charge in [0.1, 0.15) is 0 Å². The van der Waals surface area contributed by atoms with E-state index < -0.39 is 0 Å². The van der Waals surface area contributed by atoms with Crippen LogP contribution in [0.2, 0.25) is 0 Å². The molecule has 2 N–H and O–H groups in total. The third kappa shape index (κ3) is 3.02. The highest BCUT2D eigenvalue weighted by Crippen LogP contribution is 2.17. The first-order valence-corrected chi connectivity index (χ1v) is 5.88. The molecule has 3 nitrogen and oxygen atoms in total. The molecule has 3 heteroatoms. The van der Waals surface area contributed by atoms with E-state index in [4.69, 9.17) is 10.5 Å². The Morgan fingerprint density at radius 1 is 1.29 bits per heavy atom. The predicted molar refractivity (Wildman–Crippen MR) is 69.8 cm³/mol. The van der Waals surface area contributed by atoms with E-state index in [1.54, 1.807) is 0 Å². The molecule has 0 bridgehead atoms. The number of para-hydroxylation sites is 1. The van der Waals surface area contributed by atoms with Gasteiger partial charge in [-0.05, 0) is 31.5 Å². The van der Waals surface area contributed by atoms with Crippen LogP contribution >= 0.6 is 0 Å². The fourth-order valence-corrected chi connectivity index (χ4v) is 1.68. The van der Waals surface area contributed by atoms with Crippen molar-refractivity contribution in [3.05, 3.63) is 42.1 Å². The first kappa shape index (κ1) is 12.0. The van der Waals surface area contributed by atoms with Gasteiger partial charge < -0.3 is 10.5 Å². The number of benzene rings is 1. The number of nitrogens with two attached hydrogens (primary N) is 1. The van der Waals surface area contributed by atoms with Crippen molar-refractivity contribution in [2.75, 3.05) is 6.61 Å². The van der Waals surface area contributed by atoms with Crippen LogP contribution in [-0.4, -0.2) is 17.7 Å². The number of fused-ring (bicyclic) bond motifs is 1. The monoisotopic (exact) mass is 230 g/mol. The quantitative estimate of drug-likeness (QED) is 0.878. The van der Waals surface area contributed by atoms with E-state index in [1.807, 2.05) is 44.3 Å². The molecule has 2 aromatic rings. The Hall–Kier alpha value is -1.45. The minimum atomic E-state index is -0.116. The molecule has 90 valence electrons. The van der Waals surface area contributed by atoms with Crippen molar-refractivity contribution in [2.24, 2.45) is 5.73 Å². The summed E-state index contributed by atoms with van der Waals surface area (Å²) in [6, 6.07) is 9.99. The molecule has 0 aliphatic carbocycles. The summed E-state index contributed by atoms with van der Waals surface area (Å²) < 4.78 is 5.52. The van der Waals surface area contributed by atoms with E-state index in [0.29, 0.717) is 6.61 Å². The van der Waals surface area contributed by atoms with Gasteiger partial charge in [0.2, 0.25) is 0 Å². The number of nitrogens with zero attached hydrogens (tertiary/aromatic N) is 1. The zero-order valence-corrected chi connectivity index (χ0v) is 10.3. The number of rotatable bonds is 4. The van der Waals surface area contributed by atoms with Gasteiger partial charge in [-0.1, -0.05) is 18.2 Å². The zero-order chi connectivity index (χ0) is 12.3. The Balaban J connectivity index is 2.18. The second kappa shape index (κ2) is 5.25. The first-order chi connectivity index (χ1) is 8.16. The van der Waals surface area contributed by atoms with Crippen LogP contribution in [0, 0.1) is 0 Å². The molecule has 1 unspecified atom stereocenters. The molecule has 0 saturated carbocycles. The van der Waals surface area contributed by atoms with Crippen LogP contribution < -0.4 is 5.73 Å². The molecule has 17 heavy (non-hydrogen) atoms. The van der Waals surface area contributed by atoms with Gasteiger partial charge in [-0.15, -0.1) is 0 Å². The van der Waals surface area contributed by atoms with Crippen LogP contribution in [0.5, 0.6) is 0 Å². The molecular formula is C14H18N2O. The summed E-state index contributed by atoms with van der Waals surface area (Å²) in [4.78, 5) is 4.39. The lowest BCUT2D eigenvalue weighted by atomic mass is 10.1. The lowest BCUT2D eigenvalue weighted by Crippen LogP contribution is -2.19. The molecule has 2 rings (SSSR count).